The Kier molecular flexibility index (Phi) is 5.50. The third-order valence-electron chi connectivity index (χ3n) is 6.15. The Hall–Kier alpha value is -3.07. The number of rotatable bonds is 5. The van der Waals surface area contributed by atoms with Crippen LogP contribution in [0.15, 0.2) is 36.7 Å². The largest absolute Gasteiger partial charge is 0.349 e. The van der Waals surface area contributed by atoms with Crippen molar-refractivity contribution >= 4 is 17.5 Å². The number of aromatic amines is 1. The summed E-state index contributed by atoms with van der Waals surface area (Å²) in [7, 11) is 0. The first-order chi connectivity index (χ1) is 15.2. The second-order valence-corrected chi connectivity index (χ2v) is 8.14. The minimum absolute atomic E-state index is 0.180. The van der Waals surface area contributed by atoms with E-state index in [1.165, 1.54) is 18.5 Å². The lowest BCUT2D eigenvalue weighted by Crippen LogP contribution is -2.26. The minimum Gasteiger partial charge on any atom is -0.349 e. The first-order valence-corrected chi connectivity index (χ1v) is 10.7. The van der Waals surface area contributed by atoms with Crippen LogP contribution in [0.25, 0.3) is 0 Å². The van der Waals surface area contributed by atoms with E-state index in [-0.39, 0.29) is 6.04 Å². The number of hydrogen-bond acceptors (Lipinski definition) is 6. The summed E-state index contributed by atoms with van der Waals surface area (Å²) in [6.45, 7) is 2.79. The molecule has 31 heavy (non-hydrogen) atoms. The molecule has 2 aliphatic heterocycles. The Bertz CT molecular complexity index is 1050. The van der Waals surface area contributed by atoms with E-state index in [1.807, 2.05) is 17.0 Å². The molecule has 2 fully saturated rings. The summed E-state index contributed by atoms with van der Waals surface area (Å²) < 4.78 is 27.7. The van der Waals surface area contributed by atoms with Gasteiger partial charge in [-0.1, -0.05) is 6.07 Å². The summed E-state index contributed by atoms with van der Waals surface area (Å²) in [5, 5.41) is 14.1. The number of piperidine rings is 1. The number of aromatic nitrogens is 4. The van der Waals surface area contributed by atoms with Gasteiger partial charge in [0.15, 0.2) is 5.82 Å². The molecule has 1 unspecified atom stereocenters. The number of nitrogens with one attached hydrogen (secondary N) is 3. The molecule has 5 rings (SSSR count). The lowest BCUT2D eigenvalue weighted by atomic mass is 9.95. The van der Waals surface area contributed by atoms with Crippen molar-refractivity contribution in [2.75, 3.05) is 29.9 Å². The van der Waals surface area contributed by atoms with E-state index in [0.717, 1.165) is 57.1 Å². The van der Waals surface area contributed by atoms with Crippen molar-refractivity contribution in [3.63, 3.8) is 0 Å². The fourth-order valence-electron chi connectivity index (χ4n) is 4.58. The zero-order chi connectivity index (χ0) is 21.2. The second-order valence-electron chi connectivity index (χ2n) is 8.14. The quantitative estimate of drug-likeness (QED) is 0.573. The third kappa shape index (κ3) is 4.23. The van der Waals surface area contributed by atoms with Crippen molar-refractivity contribution in [2.24, 2.45) is 0 Å². The summed E-state index contributed by atoms with van der Waals surface area (Å²) in [5.41, 5.74) is 1.62. The molecule has 0 aliphatic carbocycles. The lowest BCUT2D eigenvalue weighted by Gasteiger charge is -2.26. The number of anilines is 3. The first kappa shape index (κ1) is 19.9. The summed E-state index contributed by atoms with van der Waals surface area (Å²) in [6, 6.07) is 7.47. The molecule has 1 aromatic carbocycles. The highest BCUT2D eigenvalue weighted by Gasteiger charge is 2.29. The van der Waals surface area contributed by atoms with Crippen molar-refractivity contribution in [1.29, 1.82) is 0 Å². The Morgan fingerprint density at radius 3 is 2.71 bits per heavy atom. The molecule has 0 saturated carbocycles. The molecule has 3 N–H and O–H groups in total. The summed E-state index contributed by atoms with van der Waals surface area (Å²) in [6.07, 6.45) is 5.38. The highest BCUT2D eigenvalue weighted by molar-refractivity contribution is 5.57. The van der Waals surface area contributed by atoms with E-state index in [4.69, 9.17) is 0 Å². The van der Waals surface area contributed by atoms with E-state index in [0.29, 0.717) is 28.9 Å². The molecule has 0 amide bonds. The molecule has 0 radical (unpaired) electrons. The molecule has 7 nitrogen and oxygen atoms in total. The zero-order valence-electron chi connectivity index (χ0n) is 17.1. The fourth-order valence-corrected chi connectivity index (χ4v) is 4.58. The minimum atomic E-state index is -0.567. The fraction of sp³-hybridized carbons (Fsp3) is 0.409. The van der Waals surface area contributed by atoms with Gasteiger partial charge in [0, 0.05) is 41.9 Å². The van der Waals surface area contributed by atoms with Crippen molar-refractivity contribution in [3.05, 3.63) is 59.6 Å². The van der Waals surface area contributed by atoms with Gasteiger partial charge < -0.3 is 15.5 Å². The number of halogens is 2. The average molecular weight is 425 g/mol. The van der Waals surface area contributed by atoms with Crippen LogP contribution in [0.3, 0.4) is 0 Å². The van der Waals surface area contributed by atoms with E-state index in [9.17, 15) is 8.78 Å². The van der Waals surface area contributed by atoms with Crippen LogP contribution in [0.1, 0.15) is 48.9 Å². The highest BCUT2D eigenvalue weighted by atomic mass is 19.1. The van der Waals surface area contributed by atoms with E-state index < -0.39 is 11.6 Å². The van der Waals surface area contributed by atoms with Crippen LogP contribution in [-0.4, -0.2) is 39.8 Å². The van der Waals surface area contributed by atoms with Gasteiger partial charge in [-0.25, -0.2) is 18.7 Å². The molecule has 4 heterocycles. The van der Waals surface area contributed by atoms with E-state index in [2.05, 4.69) is 30.8 Å². The summed E-state index contributed by atoms with van der Waals surface area (Å²) >= 11 is 0. The van der Waals surface area contributed by atoms with Crippen molar-refractivity contribution < 1.29 is 8.78 Å². The number of nitrogens with zero attached hydrogens (tertiary/aromatic N) is 4. The van der Waals surface area contributed by atoms with Crippen LogP contribution in [0.5, 0.6) is 0 Å². The molecule has 9 heteroatoms. The predicted molar refractivity (Wildman–Crippen MR) is 114 cm³/mol. The van der Waals surface area contributed by atoms with Crippen LogP contribution >= 0.6 is 0 Å². The molecular formula is C22H25F2N7. The van der Waals surface area contributed by atoms with Gasteiger partial charge in [-0.05, 0) is 44.8 Å². The highest BCUT2D eigenvalue weighted by Crippen LogP contribution is 2.37. The molecular weight excluding hydrogens is 400 g/mol. The van der Waals surface area contributed by atoms with Crippen LogP contribution in [0, 0.1) is 11.6 Å². The van der Waals surface area contributed by atoms with Crippen LogP contribution < -0.4 is 15.5 Å². The van der Waals surface area contributed by atoms with Gasteiger partial charge in [0.1, 0.15) is 29.6 Å². The maximum Gasteiger partial charge on any atom is 0.153 e. The van der Waals surface area contributed by atoms with Gasteiger partial charge in [0.05, 0.1) is 6.04 Å². The van der Waals surface area contributed by atoms with Crippen LogP contribution in [-0.2, 0) is 0 Å². The van der Waals surface area contributed by atoms with Gasteiger partial charge in [-0.15, -0.1) is 0 Å². The Balaban J connectivity index is 1.33. The van der Waals surface area contributed by atoms with Crippen molar-refractivity contribution in [1.82, 2.24) is 25.5 Å². The third-order valence-corrected chi connectivity index (χ3v) is 6.15. The van der Waals surface area contributed by atoms with Crippen LogP contribution in [0.2, 0.25) is 0 Å². The average Bonchev–Trinajstić information content (AvgIpc) is 3.45. The second kappa shape index (κ2) is 8.58. The maximum atomic E-state index is 14.4. The molecule has 0 bridgehead atoms. The van der Waals surface area contributed by atoms with Crippen LogP contribution in [0.4, 0.5) is 26.2 Å². The predicted octanol–water partition coefficient (Wildman–Crippen LogP) is 4.03. The molecule has 0 spiro atoms. The standard InChI is InChI=1S/C22H25F2N7/c23-15-3-4-16(17(24)10-15)19-2-1-9-31(19)22-12-20(26-13-27-22)28-21-11-18(29-30-21)14-5-7-25-8-6-14/h3-4,10-14,19,25H,1-2,5-9H2,(H2,26,27,28,29,30). The van der Waals surface area contributed by atoms with Gasteiger partial charge in [-0.2, -0.15) is 5.10 Å². The number of H-pyrrole nitrogens is 1. The molecule has 1 atom stereocenters. The van der Waals surface area contributed by atoms with Crippen molar-refractivity contribution in [2.45, 2.75) is 37.6 Å². The number of hydrogen-bond donors (Lipinski definition) is 3. The first-order valence-electron chi connectivity index (χ1n) is 10.7. The molecule has 3 aromatic rings. The van der Waals surface area contributed by atoms with E-state index in [1.54, 1.807) is 0 Å². The Labute approximate surface area is 179 Å². The molecule has 162 valence electrons. The topological polar surface area (TPSA) is 81.8 Å². The number of benzene rings is 1. The molecule has 2 aromatic heterocycles. The Morgan fingerprint density at radius 1 is 1.00 bits per heavy atom. The monoisotopic (exact) mass is 425 g/mol. The normalized spacial score (nSPS) is 19.7. The van der Waals surface area contributed by atoms with Gasteiger partial charge >= 0.3 is 0 Å². The molecule has 2 aliphatic rings. The van der Waals surface area contributed by atoms with Crippen molar-refractivity contribution in [3.8, 4) is 0 Å². The van der Waals surface area contributed by atoms with Gasteiger partial charge in [-0.3, -0.25) is 5.10 Å². The lowest BCUT2D eigenvalue weighted by molar-refractivity contribution is 0.453. The smallest absolute Gasteiger partial charge is 0.153 e. The van der Waals surface area contributed by atoms with E-state index >= 15 is 0 Å². The summed E-state index contributed by atoms with van der Waals surface area (Å²) in [5.74, 6) is 1.44. The zero-order valence-corrected chi connectivity index (χ0v) is 17.1. The summed E-state index contributed by atoms with van der Waals surface area (Å²) in [4.78, 5) is 10.8. The maximum absolute atomic E-state index is 14.4. The van der Waals surface area contributed by atoms with Gasteiger partial charge in [0.2, 0.25) is 0 Å². The molecule has 2 saturated heterocycles. The van der Waals surface area contributed by atoms with Gasteiger partial charge in [0.25, 0.3) is 0 Å². The SMILES string of the molecule is Fc1ccc(C2CCCN2c2cc(Nc3cc(C4CCNCC4)[nH]n3)ncn2)c(F)c1. The Morgan fingerprint density at radius 2 is 1.87 bits per heavy atom.